The van der Waals surface area contributed by atoms with Crippen LogP contribution >= 0.6 is 0 Å². The predicted octanol–water partition coefficient (Wildman–Crippen LogP) is 1.92. The molecule has 1 amide bonds. The van der Waals surface area contributed by atoms with Crippen LogP contribution in [0, 0.1) is 16.8 Å². The smallest absolute Gasteiger partial charge is 0.269 e. The van der Waals surface area contributed by atoms with Gasteiger partial charge in [-0.3, -0.25) is 14.9 Å². The molecule has 0 bridgehead atoms. The third kappa shape index (κ3) is 3.27. The molecule has 8 nitrogen and oxygen atoms in total. The number of nitro benzene ring substituents is 1. The molecule has 1 saturated heterocycles. The fraction of sp³-hybridized carbons (Fsp3) is 0.133. The molecule has 1 aromatic carbocycles. The van der Waals surface area contributed by atoms with Crippen LogP contribution in [0.15, 0.2) is 48.7 Å². The fourth-order valence-electron chi connectivity index (χ4n) is 2.01. The number of amides is 1. The topological polar surface area (TPSA) is 94.8 Å². The van der Waals surface area contributed by atoms with Gasteiger partial charge in [-0.1, -0.05) is 6.07 Å². The number of anilines is 1. The minimum absolute atomic E-state index is 0.00349. The number of nitro groups is 1. The highest BCUT2D eigenvalue weighted by Gasteiger charge is 2.27. The zero-order valence-electron chi connectivity index (χ0n) is 11.9. The number of carbonyl (C=O) groups excluding carboxylic acids is 1. The van der Waals surface area contributed by atoms with E-state index in [-0.39, 0.29) is 18.2 Å². The number of aromatic nitrogens is 1. The predicted molar refractivity (Wildman–Crippen MR) is 79.5 cm³/mol. The molecule has 1 aromatic heterocycles. The van der Waals surface area contributed by atoms with Gasteiger partial charge in [-0.25, -0.2) is 4.98 Å². The summed E-state index contributed by atoms with van der Waals surface area (Å²) in [5, 5.41) is 10.6. The molecule has 0 radical (unpaired) electrons. The number of pyridine rings is 1. The van der Waals surface area contributed by atoms with Gasteiger partial charge in [-0.05, 0) is 24.3 Å². The summed E-state index contributed by atoms with van der Waals surface area (Å²) in [7, 11) is 0. The van der Waals surface area contributed by atoms with Crippen LogP contribution in [-0.4, -0.2) is 28.5 Å². The van der Waals surface area contributed by atoms with Gasteiger partial charge >= 0.3 is 0 Å². The minimum Gasteiger partial charge on any atom is -0.519 e. The van der Waals surface area contributed by atoms with Crippen molar-refractivity contribution in [3.05, 3.63) is 65.5 Å². The van der Waals surface area contributed by atoms with Gasteiger partial charge in [-0.2, -0.15) is 0 Å². The van der Waals surface area contributed by atoms with Gasteiger partial charge < -0.3 is 14.4 Å². The summed E-state index contributed by atoms with van der Waals surface area (Å²) in [4.78, 5) is 27.7. The highest BCUT2D eigenvalue weighted by Crippen LogP contribution is 2.23. The zero-order valence-corrected chi connectivity index (χ0v) is 11.9. The maximum Gasteiger partial charge on any atom is 0.269 e. The summed E-state index contributed by atoms with van der Waals surface area (Å²) in [5.41, 5.74) is -0.0276. The molecule has 0 N–H and O–H groups in total. The van der Waals surface area contributed by atoms with Crippen molar-refractivity contribution in [1.82, 2.24) is 4.98 Å². The van der Waals surface area contributed by atoms with E-state index in [0.29, 0.717) is 11.6 Å². The molecule has 2 heterocycles. The van der Waals surface area contributed by atoms with Crippen LogP contribution in [0.5, 0.6) is 5.75 Å². The van der Waals surface area contributed by atoms with E-state index >= 15 is 0 Å². The minimum atomic E-state index is -0.785. The second kappa shape index (κ2) is 6.41. The van der Waals surface area contributed by atoms with E-state index in [1.54, 1.807) is 24.4 Å². The average Bonchev–Trinajstić information content (AvgIpc) is 2.95. The molecule has 8 heteroatoms. The van der Waals surface area contributed by atoms with Crippen LogP contribution < -0.4 is 9.64 Å². The summed E-state index contributed by atoms with van der Waals surface area (Å²) in [5.74, 6) is 0.601. The molecular formula is C15H12N3O5-. The van der Waals surface area contributed by atoms with Crippen molar-refractivity contribution in [2.45, 2.75) is 6.10 Å². The van der Waals surface area contributed by atoms with Crippen LogP contribution in [0.25, 0.3) is 0 Å². The van der Waals surface area contributed by atoms with Crippen molar-refractivity contribution in [1.29, 1.82) is 0 Å². The van der Waals surface area contributed by atoms with Crippen LogP contribution in [-0.2, 0) is 9.53 Å². The van der Waals surface area contributed by atoms with E-state index in [1.165, 1.54) is 35.9 Å². The Balaban J connectivity index is 1.59. The zero-order chi connectivity index (χ0) is 16.2. The first-order valence-corrected chi connectivity index (χ1v) is 6.75. The Morgan fingerprint density at radius 3 is 2.74 bits per heavy atom. The molecule has 1 aliphatic heterocycles. The lowest BCUT2D eigenvalue weighted by Crippen LogP contribution is -2.32. The monoisotopic (exact) mass is 314 g/mol. The Hall–Kier alpha value is -3.00. The quantitative estimate of drug-likeness (QED) is 0.475. The van der Waals surface area contributed by atoms with Crippen LogP contribution in [0.4, 0.5) is 11.5 Å². The van der Waals surface area contributed by atoms with Crippen molar-refractivity contribution in [2.24, 2.45) is 0 Å². The fourth-order valence-corrected chi connectivity index (χ4v) is 2.01. The van der Waals surface area contributed by atoms with Gasteiger partial charge in [0.1, 0.15) is 24.3 Å². The SMILES string of the molecule is O=C1C(COc2ccc([N+](=O)[O-])cc2)O[CH-]N1c1ccccn1. The number of benzene rings is 1. The molecule has 0 spiro atoms. The first-order valence-electron chi connectivity index (χ1n) is 6.75. The molecule has 0 saturated carbocycles. The van der Waals surface area contributed by atoms with E-state index in [9.17, 15) is 14.9 Å². The van der Waals surface area contributed by atoms with Gasteiger partial charge in [0.15, 0.2) is 0 Å². The maximum absolute atomic E-state index is 12.2. The lowest BCUT2D eigenvalue weighted by Gasteiger charge is -2.21. The van der Waals surface area contributed by atoms with E-state index in [0.717, 1.165) is 0 Å². The number of carbonyl (C=O) groups is 1. The first kappa shape index (κ1) is 14.9. The standard InChI is InChI=1S/C15H12N3O5/c19-15-13(23-10-17(15)14-3-1-2-8-16-14)9-22-12-6-4-11(5-7-12)18(20)21/h1-8,10,13H,9H2/q-1. The Morgan fingerprint density at radius 2 is 2.09 bits per heavy atom. The van der Waals surface area contributed by atoms with Crippen LogP contribution in [0.2, 0.25) is 0 Å². The number of hydrogen-bond acceptors (Lipinski definition) is 6. The molecule has 2 aromatic rings. The molecule has 0 aliphatic carbocycles. The molecule has 23 heavy (non-hydrogen) atoms. The third-order valence-electron chi connectivity index (χ3n) is 3.19. The van der Waals surface area contributed by atoms with Crippen molar-refractivity contribution in [3.63, 3.8) is 0 Å². The lowest BCUT2D eigenvalue weighted by molar-refractivity contribution is -0.384. The van der Waals surface area contributed by atoms with Gasteiger partial charge in [0, 0.05) is 18.3 Å². The van der Waals surface area contributed by atoms with Crippen molar-refractivity contribution in [3.8, 4) is 5.75 Å². The van der Waals surface area contributed by atoms with Crippen LogP contribution in [0.3, 0.4) is 0 Å². The third-order valence-corrected chi connectivity index (χ3v) is 3.19. The van der Waals surface area contributed by atoms with Gasteiger partial charge in [0.25, 0.3) is 5.69 Å². The van der Waals surface area contributed by atoms with E-state index < -0.39 is 11.0 Å². The first-order chi connectivity index (χ1) is 11.1. The summed E-state index contributed by atoms with van der Waals surface area (Å²) in [6.07, 6.45) is 0.796. The highest BCUT2D eigenvalue weighted by molar-refractivity contribution is 5.98. The molecular weight excluding hydrogens is 302 g/mol. The van der Waals surface area contributed by atoms with Crippen LogP contribution in [0.1, 0.15) is 0 Å². The number of hydrogen-bond donors (Lipinski definition) is 0. The average molecular weight is 314 g/mol. The number of rotatable bonds is 5. The van der Waals surface area contributed by atoms with Gasteiger partial charge in [0.2, 0.25) is 5.91 Å². The van der Waals surface area contributed by atoms with E-state index in [2.05, 4.69) is 4.98 Å². The second-order valence-electron chi connectivity index (χ2n) is 4.69. The Labute approximate surface area is 131 Å². The molecule has 1 fully saturated rings. The number of ether oxygens (including phenoxy) is 2. The molecule has 1 aliphatic rings. The van der Waals surface area contributed by atoms with Crippen molar-refractivity contribution >= 4 is 17.4 Å². The summed E-state index contributed by atoms with van der Waals surface area (Å²) < 4.78 is 10.7. The molecule has 1 atom stereocenters. The van der Waals surface area contributed by atoms with Crippen molar-refractivity contribution < 1.29 is 19.2 Å². The maximum atomic E-state index is 12.2. The Morgan fingerprint density at radius 1 is 1.30 bits per heavy atom. The summed E-state index contributed by atoms with van der Waals surface area (Å²) >= 11 is 0. The molecule has 1 unspecified atom stereocenters. The van der Waals surface area contributed by atoms with E-state index in [4.69, 9.17) is 9.47 Å². The van der Waals surface area contributed by atoms with E-state index in [1.807, 2.05) is 0 Å². The highest BCUT2D eigenvalue weighted by atomic mass is 16.6. The second-order valence-corrected chi connectivity index (χ2v) is 4.69. The Bertz CT molecular complexity index is 705. The molecule has 3 rings (SSSR count). The Kier molecular flexibility index (Phi) is 4.15. The summed E-state index contributed by atoms with van der Waals surface area (Å²) in [6.45, 7) is 1.30. The lowest BCUT2D eigenvalue weighted by atomic mass is 10.3. The normalized spacial score (nSPS) is 17.3. The summed E-state index contributed by atoms with van der Waals surface area (Å²) in [6, 6.07) is 10.8. The van der Waals surface area contributed by atoms with Gasteiger partial charge in [0.05, 0.1) is 4.92 Å². The number of non-ortho nitro benzene ring substituents is 1. The molecule has 118 valence electrons. The van der Waals surface area contributed by atoms with Gasteiger partial charge in [-0.15, -0.1) is 6.73 Å². The van der Waals surface area contributed by atoms with Crippen molar-refractivity contribution in [2.75, 3.05) is 11.5 Å². The largest absolute Gasteiger partial charge is 0.519 e. The number of nitrogens with zero attached hydrogens (tertiary/aromatic N) is 3.